The van der Waals surface area contributed by atoms with Crippen LogP contribution in [0.15, 0.2) is 174 Å². The average Bonchev–Trinajstić information content (AvgIpc) is 3.70. The van der Waals surface area contributed by atoms with Gasteiger partial charge in [0, 0.05) is 10.8 Å². The normalized spacial score (nSPS) is 17.8. The number of rotatable bonds is 4. The molecular formula is C44H28O. The van der Waals surface area contributed by atoms with Crippen LogP contribution < -0.4 is 0 Å². The Labute approximate surface area is 289 Å². The van der Waals surface area contributed by atoms with E-state index in [4.69, 9.17) is 26.3 Å². The lowest BCUT2D eigenvalue weighted by Gasteiger charge is -2.18. The quantitative estimate of drug-likeness (QED) is 0.185. The summed E-state index contributed by atoms with van der Waals surface area (Å²) in [4.78, 5) is 0. The minimum absolute atomic E-state index is 0.0765. The van der Waals surface area contributed by atoms with Crippen molar-refractivity contribution in [2.45, 2.75) is 0 Å². The van der Waals surface area contributed by atoms with Gasteiger partial charge in [-0.3, -0.25) is 0 Å². The third kappa shape index (κ3) is 4.17. The summed E-state index contributed by atoms with van der Waals surface area (Å²) < 4.78 is 182. The number of hydrogen-bond donors (Lipinski definition) is 0. The molecule has 0 aliphatic carbocycles. The maximum atomic E-state index is 9.56. The van der Waals surface area contributed by atoms with E-state index in [1.807, 2.05) is 0 Å². The first-order valence-corrected chi connectivity index (χ1v) is 13.8. The molecule has 0 aliphatic rings. The summed E-state index contributed by atoms with van der Waals surface area (Å²) in [5, 5.41) is 0.886. The first-order chi connectivity index (χ1) is 30.7. The van der Waals surface area contributed by atoms with Gasteiger partial charge in [-0.15, -0.1) is 0 Å². The average molecular weight is 593 g/mol. The van der Waals surface area contributed by atoms with Crippen molar-refractivity contribution in [3.8, 4) is 44.5 Å². The molecule has 0 saturated carbocycles. The SMILES string of the molecule is [2H]c1c([2H])c([2H])c(-c2c([2H])c([2H])c(-c3c4ccccc4c(-c4c([2H])c([2H])c([2H])c5oc6c([2H])c([2H])c(-c7c([2H])c([2H])c([2H])c([2H])c7[2H])c([2H])c6c45)c4ccccc34)c([2H])c2[2H])c([2H])c1[2H]. The van der Waals surface area contributed by atoms with E-state index in [-0.39, 0.29) is 44.2 Å². The predicted octanol–water partition coefficient (Wildman–Crippen LogP) is 12.6. The molecule has 210 valence electrons. The second kappa shape index (κ2) is 10.4. The number of furan rings is 1. The first-order valence-electron chi connectivity index (χ1n) is 23.8. The van der Waals surface area contributed by atoms with Gasteiger partial charge in [0.25, 0.3) is 0 Å². The molecule has 8 aromatic carbocycles. The molecule has 1 nitrogen and oxygen atoms in total. The van der Waals surface area contributed by atoms with Crippen molar-refractivity contribution >= 4 is 43.5 Å². The van der Waals surface area contributed by atoms with Crippen molar-refractivity contribution in [1.29, 1.82) is 0 Å². The second-order valence-corrected chi connectivity index (χ2v) is 10.1. The lowest BCUT2D eigenvalue weighted by atomic mass is 9.84. The van der Waals surface area contributed by atoms with Gasteiger partial charge < -0.3 is 4.42 Å². The summed E-state index contributed by atoms with van der Waals surface area (Å²) in [6.45, 7) is 0. The maximum Gasteiger partial charge on any atom is 0.136 e. The second-order valence-electron chi connectivity index (χ2n) is 10.1. The molecule has 0 aliphatic heterocycles. The molecule has 0 bridgehead atoms. The van der Waals surface area contributed by atoms with E-state index in [1.165, 1.54) is 0 Å². The van der Waals surface area contributed by atoms with Crippen LogP contribution in [0.1, 0.15) is 27.4 Å². The van der Waals surface area contributed by atoms with Gasteiger partial charge in [-0.2, -0.15) is 0 Å². The fraction of sp³-hybridized carbons (Fsp3) is 0. The Kier molecular flexibility index (Phi) is 2.90. The van der Waals surface area contributed by atoms with Crippen LogP contribution in [-0.2, 0) is 0 Å². The molecule has 0 spiro atoms. The van der Waals surface area contributed by atoms with Gasteiger partial charge >= 0.3 is 0 Å². The summed E-state index contributed by atoms with van der Waals surface area (Å²) in [7, 11) is 0. The van der Waals surface area contributed by atoms with Crippen LogP contribution in [0.25, 0.3) is 88.0 Å². The smallest absolute Gasteiger partial charge is 0.136 e. The van der Waals surface area contributed by atoms with Gasteiger partial charge in [0.15, 0.2) is 0 Å². The van der Waals surface area contributed by atoms with Gasteiger partial charge in [0.2, 0.25) is 0 Å². The lowest BCUT2D eigenvalue weighted by molar-refractivity contribution is 0.669. The van der Waals surface area contributed by atoms with E-state index < -0.39 is 143 Å². The van der Waals surface area contributed by atoms with Crippen LogP contribution >= 0.6 is 0 Å². The van der Waals surface area contributed by atoms with Crippen LogP contribution in [0.4, 0.5) is 0 Å². The van der Waals surface area contributed by atoms with Crippen LogP contribution in [-0.4, -0.2) is 0 Å². The molecule has 0 atom stereocenters. The van der Waals surface area contributed by atoms with E-state index in [9.17, 15) is 5.48 Å². The van der Waals surface area contributed by atoms with E-state index >= 15 is 0 Å². The zero-order valence-electron chi connectivity index (χ0n) is 43.0. The van der Waals surface area contributed by atoms with Crippen molar-refractivity contribution < 1.29 is 31.8 Å². The number of benzene rings is 8. The van der Waals surface area contributed by atoms with E-state index in [0.717, 1.165) is 0 Å². The molecule has 0 saturated heterocycles. The third-order valence-electron chi connectivity index (χ3n) is 7.63. The highest BCUT2D eigenvalue weighted by Gasteiger charge is 2.20. The molecule has 9 aromatic rings. The molecule has 9 rings (SSSR count). The zero-order chi connectivity index (χ0) is 47.1. The largest absolute Gasteiger partial charge is 0.456 e. The summed E-state index contributed by atoms with van der Waals surface area (Å²) in [6.07, 6.45) is 0. The highest BCUT2D eigenvalue weighted by Crippen LogP contribution is 2.47. The molecule has 0 radical (unpaired) electrons. The Balaban J connectivity index is 1.45. The Morgan fingerprint density at radius 1 is 0.378 bits per heavy atom. The van der Waals surface area contributed by atoms with Crippen molar-refractivity contribution in [1.82, 2.24) is 0 Å². The van der Waals surface area contributed by atoms with E-state index in [1.54, 1.807) is 48.5 Å². The summed E-state index contributed by atoms with van der Waals surface area (Å²) in [5.41, 5.74) is -2.64. The summed E-state index contributed by atoms with van der Waals surface area (Å²) in [5.74, 6) is 0. The van der Waals surface area contributed by atoms with Crippen molar-refractivity contribution in [3.63, 3.8) is 0 Å². The van der Waals surface area contributed by atoms with Gasteiger partial charge in [-0.05, 0) is 84.2 Å². The van der Waals surface area contributed by atoms with Crippen molar-refractivity contribution in [3.05, 3.63) is 169 Å². The number of hydrogen-bond acceptors (Lipinski definition) is 1. The zero-order valence-corrected chi connectivity index (χ0v) is 23.0. The van der Waals surface area contributed by atoms with Gasteiger partial charge in [-0.1, -0.05) is 151 Å². The molecule has 1 aromatic heterocycles. The van der Waals surface area contributed by atoms with E-state index in [0.29, 0.717) is 21.5 Å². The van der Waals surface area contributed by atoms with Crippen molar-refractivity contribution in [2.24, 2.45) is 0 Å². The van der Waals surface area contributed by atoms with Crippen LogP contribution in [0.3, 0.4) is 0 Å². The van der Waals surface area contributed by atoms with Gasteiger partial charge in [0.05, 0.1) is 27.4 Å². The molecule has 0 unspecified atom stereocenters. The molecule has 45 heavy (non-hydrogen) atoms. The molecule has 0 amide bonds. The first kappa shape index (κ1) is 12.6. The minimum Gasteiger partial charge on any atom is -0.456 e. The molecular weight excluding hydrogens is 544 g/mol. The van der Waals surface area contributed by atoms with Gasteiger partial charge in [0.1, 0.15) is 11.2 Å². The standard InChI is InChI=1S/C44H28O/c1-3-12-29(13-4-1)31-22-24-32(25-23-31)42-34-16-7-9-18-36(34)43(37-19-10-8-17-35(37)42)38-20-11-21-41-44(38)39-28-33(26-27-40(39)45-41)30-14-5-2-6-15-30/h1-28H/i1D,2D,3D,4D,5D,6D,11D,12D,13D,14D,15D,20D,21D,22D,23D,24D,25D,26D,27D,28D. The molecule has 0 fully saturated rings. The Hall–Kier alpha value is -5.92. The predicted molar refractivity (Wildman–Crippen MR) is 190 cm³/mol. The highest BCUT2D eigenvalue weighted by atomic mass is 16.3. The molecule has 0 N–H and O–H groups in total. The highest BCUT2D eigenvalue weighted by molar-refractivity contribution is 6.25. The van der Waals surface area contributed by atoms with E-state index in [2.05, 4.69) is 0 Å². The minimum atomic E-state index is -0.742. The third-order valence-corrected chi connectivity index (χ3v) is 7.63. The Morgan fingerprint density at radius 2 is 0.889 bits per heavy atom. The van der Waals surface area contributed by atoms with Crippen LogP contribution in [0.2, 0.25) is 0 Å². The van der Waals surface area contributed by atoms with Crippen LogP contribution in [0.5, 0.6) is 0 Å². The Bertz CT molecular complexity index is 3520. The Morgan fingerprint density at radius 3 is 1.51 bits per heavy atom. The van der Waals surface area contributed by atoms with Crippen LogP contribution in [0, 0.1) is 0 Å². The summed E-state index contributed by atoms with van der Waals surface area (Å²) in [6, 6.07) is -0.355. The number of fused-ring (bicyclic) bond motifs is 5. The summed E-state index contributed by atoms with van der Waals surface area (Å²) >= 11 is 0. The lowest BCUT2D eigenvalue weighted by Crippen LogP contribution is -1.91. The molecule has 1 heterocycles. The monoisotopic (exact) mass is 592 g/mol. The van der Waals surface area contributed by atoms with Gasteiger partial charge in [-0.25, -0.2) is 0 Å². The maximum absolute atomic E-state index is 9.56. The fourth-order valence-corrected chi connectivity index (χ4v) is 5.75. The van der Waals surface area contributed by atoms with Crippen molar-refractivity contribution in [2.75, 3.05) is 0 Å². The molecule has 1 heteroatoms. The topological polar surface area (TPSA) is 13.1 Å². The fourth-order valence-electron chi connectivity index (χ4n) is 5.75.